The lowest BCUT2D eigenvalue weighted by Crippen LogP contribution is -2.13. The molecule has 0 aliphatic carbocycles. The highest BCUT2D eigenvalue weighted by Gasteiger charge is 2.10. The van der Waals surface area contributed by atoms with Gasteiger partial charge in [0.1, 0.15) is 11.6 Å². The van der Waals surface area contributed by atoms with Gasteiger partial charge in [-0.25, -0.2) is 9.37 Å². The standard InChI is InChI=1S/C20H22FN3O/c1-12(2)20-23-16-8-5-14(11-18(16)24-20)6-9-19(25)22-17-10-13(3)4-7-15(17)21/h4-5,7-8,10-12H,6,9H2,1-3H3,(H,22,25)(H,23,24). The average Bonchev–Trinajstić information content (AvgIpc) is 3.00. The third-order valence-corrected chi connectivity index (χ3v) is 4.15. The molecule has 0 saturated heterocycles. The Morgan fingerprint density at radius 1 is 1.24 bits per heavy atom. The van der Waals surface area contributed by atoms with Gasteiger partial charge in [-0.1, -0.05) is 26.0 Å². The fraction of sp³-hybridized carbons (Fsp3) is 0.300. The van der Waals surface area contributed by atoms with Gasteiger partial charge >= 0.3 is 0 Å². The molecule has 0 radical (unpaired) electrons. The largest absolute Gasteiger partial charge is 0.342 e. The van der Waals surface area contributed by atoms with Crippen LogP contribution in [0.25, 0.3) is 11.0 Å². The lowest BCUT2D eigenvalue weighted by molar-refractivity contribution is -0.116. The Kier molecular flexibility index (Phi) is 4.83. The molecule has 5 heteroatoms. The van der Waals surface area contributed by atoms with Gasteiger partial charge < -0.3 is 10.3 Å². The smallest absolute Gasteiger partial charge is 0.224 e. The number of aromatic amines is 1. The van der Waals surface area contributed by atoms with Crippen molar-refractivity contribution in [2.45, 2.75) is 39.5 Å². The van der Waals surface area contributed by atoms with Crippen LogP contribution in [0.1, 0.15) is 43.1 Å². The highest BCUT2D eigenvalue weighted by molar-refractivity contribution is 5.91. The maximum atomic E-state index is 13.7. The molecule has 0 spiro atoms. The third-order valence-electron chi connectivity index (χ3n) is 4.15. The Morgan fingerprint density at radius 2 is 2.04 bits per heavy atom. The number of carbonyl (C=O) groups is 1. The zero-order chi connectivity index (χ0) is 18.0. The fourth-order valence-electron chi connectivity index (χ4n) is 2.71. The molecule has 3 rings (SSSR count). The van der Waals surface area contributed by atoms with E-state index in [9.17, 15) is 9.18 Å². The summed E-state index contributed by atoms with van der Waals surface area (Å²) >= 11 is 0. The molecule has 0 saturated carbocycles. The lowest BCUT2D eigenvalue weighted by Gasteiger charge is -2.07. The number of nitrogens with zero attached hydrogens (tertiary/aromatic N) is 1. The van der Waals surface area contributed by atoms with E-state index in [1.807, 2.05) is 25.1 Å². The molecule has 0 unspecified atom stereocenters. The number of amides is 1. The second kappa shape index (κ2) is 7.05. The molecule has 2 N–H and O–H groups in total. The van der Waals surface area contributed by atoms with E-state index in [4.69, 9.17) is 0 Å². The number of aryl methyl sites for hydroxylation is 2. The minimum absolute atomic E-state index is 0.197. The highest BCUT2D eigenvalue weighted by Crippen LogP contribution is 2.20. The van der Waals surface area contributed by atoms with Gasteiger partial charge in [-0.15, -0.1) is 0 Å². The van der Waals surface area contributed by atoms with Crippen molar-refractivity contribution in [3.8, 4) is 0 Å². The first-order valence-electron chi connectivity index (χ1n) is 8.47. The number of benzene rings is 2. The van der Waals surface area contributed by atoms with Crippen LogP contribution in [0.5, 0.6) is 0 Å². The number of carbonyl (C=O) groups excluding carboxylic acids is 1. The van der Waals surface area contributed by atoms with E-state index in [0.29, 0.717) is 18.8 Å². The minimum atomic E-state index is -0.418. The van der Waals surface area contributed by atoms with Crippen LogP contribution in [0.4, 0.5) is 10.1 Å². The minimum Gasteiger partial charge on any atom is -0.342 e. The maximum Gasteiger partial charge on any atom is 0.224 e. The Bertz CT molecular complexity index is 914. The van der Waals surface area contributed by atoms with Crippen LogP contribution >= 0.6 is 0 Å². The summed E-state index contributed by atoms with van der Waals surface area (Å²) in [5.74, 6) is 0.682. The summed E-state index contributed by atoms with van der Waals surface area (Å²) in [5, 5.41) is 2.64. The number of H-pyrrole nitrogens is 1. The predicted molar refractivity (Wildman–Crippen MR) is 98.3 cm³/mol. The quantitative estimate of drug-likeness (QED) is 0.707. The van der Waals surface area contributed by atoms with E-state index in [1.165, 1.54) is 6.07 Å². The van der Waals surface area contributed by atoms with Crippen LogP contribution in [-0.4, -0.2) is 15.9 Å². The van der Waals surface area contributed by atoms with Crippen molar-refractivity contribution in [3.05, 3.63) is 59.2 Å². The van der Waals surface area contributed by atoms with Gasteiger partial charge in [0.15, 0.2) is 0 Å². The van der Waals surface area contributed by atoms with Crippen molar-refractivity contribution in [1.29, 1.82) is 0 Å². The summed E-state index contributed by atoms with van der Waals surface area (Å²) < 4.78 is 13.7. The number of imidazole rings is 1. The Morgan fingerprint density at radius 3 is 2.80 bits per heavy atom. The molecule has 0 bridgehead atoms. The van der Waals surface area contributed by atoms with Gasteiger partial charge in [-0.05, 0) is 48.7 Å². The van der Waals surface area contributed by atoms with Crippen LogP contribution in [0.15, 0.2) is 36.4 Å². The molecule has 1 amide bonds. The zero-order valence-electron chi connectivity index (χ0n) is 14.7. The first-order valence-corrected chi connectivity index (χ1v) is 8.47. The molecule has 1 aromatic heterocycles. The van der Waals surface area contributed by atoms with E-state index in [0.717, 1.165) is 28.0 Å². The first kappa shape index (κ1) is 17.1. The van der Waals surface area contributed by atoms with Gasteiger partial charge in [-0.2, -0.15) is 0 Å². The molecule has 25 heavy (non-hydrogen) atoms. The number of nitrogens with one attached hydrogen (secondary N) is 2. The molecular formula is C20H22FN3O. The summed E-state index contributed by atoms with van der Waals surface area (Å²) in [7, 11) is 0. The molecule has 3 aromatic rings. The van der Waals surface area contributed by atoms with E-state index in [-0.39, 0.29) is 11.6 Å². The summed E-state index contributed by atoms with van der Waals surface area (Å²) in [6.45, 7) is 6.04. The van der Waals surface area contributed by atoms with E-state index >= 15 is 0 Å². The van der Waals surface area contributed by atoms with Crippen LogP contribution in [0.2, 0.25) is 0 Å². The number of hydrogen-bond donors (Lipinski definition) is 2. The number of fused-ring (bicyclic) bond motifs is 1. The number of rotatable bonds is 5. The monoisotopic (exact) mass is 339 g/mol. The summed E-state index contributed by atoms with van der Waals surface area (Å²) in [6.07, 6.45) is 0.884. The summed E-state index contributed by atoms with van der Waals surface area (Å²) in [6, 6.07) is 10.6. The van der Waals surface area contributed by atoms with Crippen molar-refractivity contribution in [3.63, 3.8) is 0 Å². The van der Waals surface area contributed by atoms with Crippen LogP contribution in [0, 0.1) is 12.7 Å². The van der Waals surface area contributed by atoms with Gasteiger partial charge in [0, 0.05) is 12.3 Å². The van der Waals surface area contributed by atoms with Crippen molar-refractivity contribution >= 4 is 22.6 Å². The molecule has 130 valence electrons. The number of halogens is 1. The summed E-state index contributed by atoms with van der Waals surface area (Å²) in [4.78, 5) is 20.0. The van der Waals surface area contributed by atoms with Crippen LogP contribution in [0.3, 0.4) is 0 Å². The second-order valence-electron chi connectivity index (χ2n) is 6.66. The summed E-state index contributed by atoms with van der Waals surface area (Å²) in [5.41, 5.74) is 4.09. The molecule has 0 atom stereocenters. The van der Waals surface area contributed by atoms with Crippen molar-refractivity contribution < 1.29 is 9.18 Å². The van der Waals surface area contributed by atoms with E-state index in [1.54, 1.807) is 12.1 Å². The Labute approximate surface area is 146 Å². The average molecular weight is 339 g/mol. The van der Waals surface area contributed by atoms with Crippen molar-refractivity contribution in [1.82, 2.24) is 9.97 Å². The van der Waals surface area contributed by atoms with Gasteiger partial charge in [0.25, 0.3) is 0 Å². The SMILES string of the molecule is Cc1ccc(F)c(NC(=O)CCc2ccc3nc(C(C)C)[nH]c3c2)c1. The molecule has 0 aliphatic rings. The van der Waals surface area contributed by atoms with Gasteiger partial charge in [0.05, 0.1) is 16.7 Å². The molecule has 1 heterocycles. The second-order valence-corrected chi connectivity index (χ2v) is 6.66. The topological polar surface area (TPSA) is 57.8 Å². The fourth-order valence-corrected chi connectivity index (χ4v) is 2.71. The van der Waals surface area contributed by atoms with Gasteiger partial charge in [-0.3, -0.25) is 4.79 Å². The maximum absolute atomic E-state index is 13.7. The number of anilines is 1. The first-order chi connectivity index (χ1) is 11.9. The molecular weight excluding hydrogens is 317 g/mol. The molecule has 0 fully saturated rings. The lowest BCUT2D eigenvalue weighted by atomic mass is 10.1. The molecule has 2 aromatic carbocycles. The number of hydrogen-bond acceptors (Lipinski definition) is 2. The van der Waals surface area contributed by atoms with Crippen LogP contribution < -0.4 is 5.32 Å². The van der Waals surface area contributed by atoms with Crippen molar-refractivity contribution in [2.75, 3.05) is 5.32 Å². The third kappa shape index (κ3) is 4.05. The molecule has 4 nitrogen and oxygen atoms in total. The van der Waals surface area contributed by atoms with E-state index < -0.39 is 5.82 Å². The normalized spacial score (nSPS) is 11.2. The Hall–Kier alpha value is -2.69. The highest BCUT2D eigenvalue weighted by atomic mass is 19.1. The Balaban J connectivity index is 1.65. The molecule has 0 aliphatic heterocycles. The predicted octanol–water partition coefficient (Wildman–Crippen LogP) is 4.71. The van der Waals surface area contributed by atoms with Gasteiger partial charge in [0.2, 0.25) is 5.91 Å². The van der Waals surface area contributed by atoms with Crippen LogP contribution in [-0.2, 0) is 11.2 Å². The zero-order valence-corrected chi connectivity index (χ0v) is 14.7. The van der Waals surface area contributed by atoms with E-state index in [2.05, 4.69) is 29.1 Å². The number of aromatic nitrogens is 2. The van der Waals surface area contributed by atoms with Crippen molar-refractivity contribution in [2.24, 2.45) is 0 Å².